The number of amides is 1. The van der Waals surface area contributed by atoms with Crippen molar-refractivity contribution in [3.05, 3.63) is 48.0 Å². The first-order valence-corrected chi connectivity index (χ1v) is 8.10. The Kier molecular flexibility index (Phi) is 5.21. The van der Waals surface area contributed by atoms with Crippen LogP contribution in [0.1, 0.15) is 18.4 Å². The Morgan fingerprint density at radius 2 is 1.79 bits per heavy atom. The van der Waals surface area contributed by atoms with Crippen LogP contribution in [0.2, 0.25) is 0 Å². The number of hydrogen-bond donors (Lipinski definition) is 1. The van der Waals surface area contributed by atoms with Crippen molar-refractivity contribution in [2.24, 2.45) is 0 Å². The van der Waals surface area contributed by atoms with Gasteiger partial charge in [0.1, 0.15) is 17.2 Å². The summed E-state index contributed by atoms with van der Waals surface area (Å²) in [6.45, 7) is 3.38. The molecule has 0 aromatic heterocycles. The lowest BCUT2D eigenvalue weighted by molar-refractivity contribution is -0.118. The number of nitrogens with one attached hydrogen (secondary N) is 1. The van der Waals surface area contributed by atoms with Gasteiger partial charge < -0.3 is 19.5 Å². The van der Waals surface area contributed by atoms with Crippen molar-refractivity contribution >= 4 is 11.6 Å². The third kappa shape index (κ3) is 4.41. The van der Waals surface area contributed by atoms with Gasteiger partial charge in [-0.2, -0.15) is 0 Å². The molecule has 0 aliphatic carbocycles. The summed E-state index contributed by atoms with van der Waals surface area (Å²) in [5.41, 5.74) is 1.85. The summed E-state index contributed by atoms with van der Waals surface area (Å²) < 4.78 is 16.7. The second kappa shape index (κ2) is 7.73. The molecule has 0 saturated heterocycles. The SMILES string of the molecule is Cc1cccc(OCCCCOc2ccc3c(c2)NC(=O)CO3)c1. The number of anilines is 1. The van der Waals surface area contributed by atoms with Crippen LogP contribution in [0.3, 0.4) is 0 Å². The summed E-state index contributed by atoms with van der Waals surface area (Å²) in [4.78, 5) is 11.3. The summed E-state index contributed by atoms with van der Waals surface area (Å²) in [5.74, 6) is 2.15. The number of hydrogen-bond acceptors (Lipinski definition) is 4. The normalized spacial score (nSPS) is 12.8. The molecule has 0 unspecified atom stereocenters. The van der Waals surface area contributed by atoms with Crippen LogP contribution < -0.4 is 19.5 Å². The standard InChI is InChI=1S/C19H21NO4/c1-14-5-4-6-15(11-14)22-9-2-3-10-23-16-7-8-18-17(12-16)20-19(21)13-24-18/h4-8,11-12H,2-3,9-10,13H2,1H3,(H,20,21). The second-order valence-electron chi connectivity index (χ2n) is 5.72. The second-order valence-corrected chi connectivity index (χ2v) is 5.72. The molecule has 1 heterocycles. The lowest BCUT2D eigenvalue weighted by Gasteiger charge is -2.18. The van der Waals surface area contributed by atoms with Crippen LogP contribution in [-0.2, 0) is 4.79 Å². The molecule has 0 fully saturated rings. The number of ether oxygens (including phenoxy) is 3. The first-order chi connectivity index (χ1) is 11.7. The van der Waals surface area contributed by atoms with Crippen molar-refractivity contribution < 1.29 is 19.0 Å². The molecule has 0 atom stereocenters. The zero-order chi connectivity index (χ0) is 16.8. The molecule has 1 amide bonds. The first kappa shape index (κ1) is 16.2. The molecule has 1 aliphatic heterocycles. The smallest absolute Gasteiger partial charge is 0.262 e. The van der Waals surface area contributed by atoms with E-state index in [0.29, 0.717) is 24.7 Å². The molecule has 24 heavy (non-hydrogen) atoms. The van der Waals surface area contributed by atoms with Crippen LogP contribution in [0.25, 0.3) is 0 Å². The zero-order valence-electron chi connectivity index (χ0n) is 13.7. The van der Waals surface area contributed by atoms with Crippen LogP contribution in [0.5, 0.6) is 17.2 Å². The Morgan fingerprint density at radius 3 is 2.54 bits per heavy atom. The Balaban J connectivity index is 1.38. The molecule has 126 valence electrons. The van der Waals surface area contributed by atoms with Gasteiger partial charge in [-0.15, -0.1) is 0 Å². The number of carbonyl (C=O) groups is 1. The summed E-state index contributed by atoms with van der Waals surface area (Å²) >= 11 is 0. The molecule has 2 aromatic carbocycles. The maximum absolute atomic E-state index is 11.3. The van der Waals surface area contributed by atoms with Crippen LogP contribution in [0.4, 0.5) is 5.69 Å². The minimum atomic E-state index is -0.145. The van der Waals surface area contributed by atoms with Crippen LogP contribution >= 0.6 is 0 Å². The number of fused-ring (bicyclic) bond motifs is 1. The van der Waals surface area contributed by atoms with Gasteiger partial charge in [0, 0.05) is 6.07 Å². The fourth-order valence-electron chi connectivity index (χ4n) is 2.44. The van der Waals surface area contributed by atoms with Crippen LogP contribution in [-0.4, -0.2) is 25.7 Å². The highest BCUT2D eigenvalue weighted by atomic mass is 16.5. The van der Waals surface area contributed by atoms with E-state index in [9.17, 15) is 4.79 Å². The van der Waals surface area contributed by atoms with Gasteiger partial charge in [0.05, 0.1) is 18.9 Å². The first-order valence-electron chi connectivity index (χ1n) is 8.10. The number of rotatable bonds is 7. The van der Waals surface area contributed by atoms with Gasteiger partial charge in [-0.05, 0) is 49.6 Å². The lowest BCUT2D eigenvalue weighted by atomic mass is 10.2. The molecule has 0 saturated carbocycles. The Labute approximate surface area is 141 Å². The van der Waals surface area contributed by atoms with E-state index in [1.807, 2.05) is 43.3 Å². The van der Waals surface area contributed by atoms with Crippen molar-refractivity contribution in [1.82, 2.24) is 0 Å². The number of aryl methyl sites for hydroxylation is 1. The molecule has 5 nitrogen and oxygen atoms in total. The summed E-state index contributed by atoms with van der Waals surface area (Å²) in [5, 5.41) is 2.77. The lowest BCUT2D eigenvalue weighted by Crippen LogP contribution is -2.25. The third-order valence-electron chi connectivity index (χ3n) is 3.65. The molecule has 2 aromatic rings. The summed E-state index contributed by atoms with van der Waals surface area (Å²) in [6.07, 6.45) is 1.81. The van der Waals surface area contributed by atoms with Crippen molar-refractivity contribution in [3.63, 3.8) is 0 Å². The monoisotopic (exact) mass is 327 g/mol. The Bertz CT molecular complexity index is 714. The topological polar surface area (TPSA) is 56.8 Å². The predicted octanol–water partition coefficient (Wildman–Crippen LogP) is 3.56. The molecule has 0 radical (unpaired) electrons. The predicted molar refractivity (Wildman–Crippen MR) is 92.0 cm³/mol. The molecule has 0 bridgehead atoms. The maximum Gasteiger partial charge on any atom is 0.262 e. The highest BCUT2D eigenvalue weighted by molar-refractivity contribution is 5.95. The quantitative estimate of drug-likeness (QED) is 0.790. The van der Waals surface area contributed by atoms with Crippen molar-refractivity contribution in [2.75, 3.05) is 25.1 Å². The van der Waals surface area contributed by atoms with E-state index in [-0.39, 0.29) is 12.5 Å². The van der Waals surface area contributed by atoms with Crippen molar-refractivity contribution in [3.8, 4) is 17.2 Å². The van der Waals surface area contributed by atoms with E-state index in [2.05, 4.69) is 5.32 Å². The minimum Gasteiger partial charge on any atom is -0.494 e. The van der Waals surface area contributed by atoms with Crippen LogP contribution in [0, 0.1) is 6.92 Å². The number of unbranched alkanes of at least 4 members (excludes halogenated alkanes) is 1. The van der Waals surface area contributed by atoms with Gasteiger partial charge in [-0.3, -0.25) is 4.79 Å². The molecule has 1 aliphatic rings. The average Bonchev–Trinajstić information content (AvgIpc) is 2.57. The van der Waals surface area contributed by atoms with Gasteiger partial charge in [-0.25, -0.2) is 0 Å². The van der Waals surface area contributed by atoms with E-state index in [1.165, 1.54) is 5.56 Å². The van der Waals surface area contributed by atoms with Gasteiger partial charge >= 0.3 is 0 Å². The highest BCUT2D eigenvalue weighted by Gasteiger charge is 2.16. The largest absolute Gasteiger partial charge is 0.494 e. The van der Waals surface area contributed by atoms with E-state index >= 15 is 0 Å². The third-order valence-corrected chi connectivity index (χ3v) is 3.65. The highest BCUT2D eigenvalue weighted by Crippen LogP contribution is 2.31. The molecule has 3 rings (SSSR count). The Hall–Kier alpha value is -2.69. The van der Waals surface area contributed by atoms with Gasteiger partial charge in [-0.1, -0.05) is 12.1 Å². The molecule has 5 heteroatoms. The average molecular weight is 327 g/mol. The molecule has 0 spiro atoms. The molecular formula is C19H21NO4. The van der Waals surface area contributed by atoms with E-state index < -0.39 is 0 Å². The molecular weight excluding hydrogens is 306 g/mol. The zero-order valence-corrected chi connectivity index (χ0v) is 13.7. The number of benzene rings is 2. The van der Waals surface area contributed by atoms with E-state index in [0.717, 1.165) is 24.3 Å². The number of carbonyl (C=O) groups excluding carboxylic acids is 1. The Morgan fingerprint density at radius 1 is 1.04 bits per heavy atom. The maximum atomic E-state index is 11.3. The van der Waals surface area contributed by atoms with Gasteiger partial charge in [0.2, 0.25) is 0 Å². The summed E-state index contributed by atoms with van der Waals surface area (Å²) in [7, 11) is 0. The summed E-state index contributed by atoms with van der Waals surface area (Å²) in [6, 6.07) is 13.5. The molecule has 1 N–H and O–H groups in total. The van der Waals surface area contributed by atoms with Gasteiger partial charge in [0.25, 0.3) is 5.91 Å². The fraction of sp³-hybridized carbons (Fsp3) is 0.316. The van der Waals surface area contributed by atoms with Crippen LogP contribution in [0.15, 0.2) is 42.5 Å². The van der Waals surface area contributed by atoms with Crippen molar-refractivity contribution in [2.45, 2.75) is 19.8 Å². The van der Waals surface area contributed by atoms with E-state index in [1.54, 1.807) is 6.07 Å². The van der Waals surface area contributed by atoms with E-state index in [4.69, 9.17) is 14.2 Å². The van der Waals surface area contributed by atoms with Crippen molar-refractivity contribution in [1.29, 1.82) is 0 Å². The fourth-order valence-corrected chi connectivity index (χ4v) is 2.44. The minimum absolute atomic E-state index is 0.0636. The van der Waals surface area contributed by atoms with Gasteiger partial charge in [0.15, 0.2) is 6.61 Å².